The zero-order chi connectivity index (χ0) is 12.1. The van der Waals surface area contributed by atoms with Crippen molar-refractivity contribution in [2.24, 2.45) is 0 Å². The summed E-state index contributed by atoms with van der Waals surface area (Å²) < 4.78 is 26.1. The van der Waals surface area contributed by atoms with Gasteiger partial charge in [0.1, 0.15) is 0 Å². The largest absolute Gasteiger partial charge is 0.228 e. The lowest BCUT2D eigenvalue weighted by atomic mass is 10.0. The molecule has 0 heterocycles. The topological polar surface area (TPSA) is 70.0 Å². The summed E-state index contributed by atoms with van der Waals surface area (Å²) in [6.45, 7) is 7.36. The number of nitrogens with one attached hydrogen (secondary N) is 1. The van der Waals surface area contributed by atoms with Gasteiger partial charge in [0.05, 0.1) is 6.07 Å². The van der Waals surface area contributed by atoms with Gasteiger partial charge in [0.25, 0.3) is 0 Å². The van der Waals surface area contributed by atoms with Crippen LogP contribution in [0.5, 0.6) is 0 Å². The van der Waals surface area contributed by atoms with E-state index in [-0.39, 0.29) is 0 Å². The minimum Gasteiger partial charge on any atom is -0.211 e. The molecule has 88 valence electrons. The molecule has 0 aliphatic carbocycles. The third-order valence-corrected chi connectivity index (χ3v) is 4.21. The number of sulfonamides is 1. The zero-order valence-corrected chi connectivity index (χ0v) is 10.7. The molecule has 0 fully saturated rings. The molecule has 0 bridgehead atoms. The first kappa shape index (κ1) is 14.4. The minimum atomic E-state index is -3.51. The number of nitriles is 1. The second-order valence-corrected chi connectivity index (χ2v) is 6.17. The third kappa shape index (κ3) is 4.63. The maximum Gasteiger partial charge on any atom is 0.228 e. The van der Waals surface area contributed by atoms with Crippen LogP contribution in [0.3, 0.4) is 0 Å². The maximum absolute atomic E-state index is 11.7. The Morgan fingerprint density at radius 2 is 1.93 bits per heavy atom. The van der Waals surface area contributed by atoms with E-state index in [4.69, 9.17) is 5.26 Å². The third-order valence-electron chi connectivity index (χ3n) is 2.18. The van der Waals surface area contributed by atoms with E-state index < -0.39 is 20.8 Å². The fraction of sp³-hybridized carbons (Fsp3) is 0.900. The number of hydrogen-bond donors (Lipinski definition) is 1. The molecule has 0 aliphatic heterocycles. The van der Waals surface area contributed by atoms with Gasteiger partial charge in [0.2, 0.25) is 10.0 Å². The molecule has 0 spiro atoms. The molecule has 0 radical (unpaired) electrons. The van der Waals surface area contributed by atoms with Gasteiger partial charge in [-0.15, -0.1) is 0 Å². The van der Waals surface area contributed by atoms with Gasteiger partial charge in [-0.1, -0.05) is 20.3 Å². The van der Waals surface area contributed by atoms with Crippen molar-refractivity contribution in [2.75, 3.05) is 0 Å². The van der Waals surface area contributed by atoms with Gasteiger partial charge in [-0.05, 0) is 26.7 Å². The van der Waals surface area contributed by atoms with Gasteiger partial charge in [-0.2, -0.15) is 5.26 Å². The van der Waals surface area contributed by atoms with Crippen LogP contribution in [0.2, 0.25) is 0 Å². The van der Waals surface area contributed by atoms with Gasteiger partial charge in [0.15, 0.2) is 5.25 Å². The molecular formula is C10H20N2O2S. The van der Waals surface area contributed by atoms with Crippen LogP contribution in [0.15, 0.2) is 0 Å². The highest BCUT2D eigenvalue weighted by Gasteiger charge is 2.29. The molecule has 15 heavy (non-hydrogen) atoms. The van der Waals surface area contributed by atoms with Crippen LogP contribution in [-0.4, -0.2) is 19.2 Å². The van der Waals surface area contributed by atoms with E-state index >= 15 is 0 Å². The van der Waals surface area contributed by atoms with Crippen LogP contribution in [0.4, 0.5) is 0 Å². The zero-order valence-electron chi connectivity index (χ0n) is 9.87. The summed E-state index contributed by atoms with van der Waals surface area (Å²) in [5.74, 6) is 0. The Hall–Kier alpha value is -0.600. The fourth-order valence-corrected chi connectivity index (χ4v) is 3.10. The molecule has 0 aromatic carbocycles. The summed E-state index contributed by atoms with van der Waals surface area (Å²) in [5, 5.41) is 7.77. The van der Waals surface area contributed by atoms with Crippen molar-refractivity contribution < 1.29 is 8.42 Å². The van der Waals surface area contributed by atoms with E-state index in [0.29, 0.717) is 6.42 Å². The lowest BCUT2D eigenvalue weighted by Crippen LogP contribution is -2.46. The second kappa shape index (κ2) is 5.47. The maximum atomic E-state index is 11.7. The molecule has 1 atom stereocenters. The number of nitrogens with zero attached hydrogens (tertiary/aromatic N) is 1. The summed E-state index contributed by atoms with van der Waals surface area (Å²) in [4.78, 5) is 0. The summed E-state index contributed by atoms with van der Waals surface area (Å²) in [6.07, 6.45) is 1.97. The van der Waals surface area contributed by atoms with Crippen LogP contribution in [0.25, 0.3) is 0 Å². The Kier molecular flexibility index (Phi) is 5.26. The lowest BCUT2D eigenvalue weighted by molar-refractivity contribution is 0.416. The summed E-state index contributed by atoms with van der Waals surface area (Å²) >= 11 is 0. The first-order valence-corrected chi connectivity index (χ1v) is 6.76. The highest BCUT2D eigenvalue weighted by Crippen LogP contribution is 2.15. The van der Waals surface area contributed by atoms with E-state index in [9.17, 15) is 8.42 Å². The normalized spacial score (nSPS) is 14.6. The number of hydrogen-bond acceptors (Lipinski definition) is 3. The monoisotopic (exact) mass is 232 g/mol. The van der Waals surface area contributed by atoms with Crippen molar-refractivity contribution in [3.05, 3.63) is 0 Å². The first-order chi connectivity index (χ1) is 6.79. The van der Waals surface area contributed by atoms with Crippen molar-refractivity contribution in [3.63, 3.8) is 0 Å². The molecule has 0 saturated carbocycles. The van der Waals surface area contributed by atoms with Crippen LogP contribution in [-0.2, 0) is 10.0 Å². The van der Waals surface area contributed by atoms with Crippen LogP contribution >= 0.6 is 0 Å². The Bertz CT molecular complexity index is 328. The number of rotatable bonds is 6. The van der Waals surface area contributed by atoms with Gasteiger partial charge < -0.3 is 0 Å². The van der Waals surface area contributed by atoms with Gasteiger partial charge in [-0.3, -0.25) is 0 Å². The summed E-state index contributed by atoms with van der Waals surface area (Å²) in [6, 6.07) is 1.81. The average Bonchev–Trinajstić information content (AvgIpc) is 2.02. The molecule has 0 rings (SSSR count). The second-order valence-electron chi connectivity index (χ2n) is 4.31. The van der Waals surface area contributed by atoms with Crippen molar-refractivity contribution in [3.8, 4) is 6.07 Å². The quantitative estimate of drug-likeness (QED) is 0.759. The molecule has 5 heteroatoms. The highest BCUT2D eigenvalue weighted by atomic mass is 32.2. The molecule has 0 saturated heterocycles. The van der Waals surface area contributed by atoms with E-state index in [0.717, 1.165) is 12.8 Å². The highest BCUT2D eigenvalue weighted by molar-refractivity contribution is 7.90. The minimum absolute atomic E-state index is 0.314. The van der Waals surface area contributed by atoms with Gasteiger partial charge in [-0.25, -0.2) is 13.1 Å². The SMILES string of the molecule is CCCC(C)(C)NS(=O)(=O)C(C#N)CC. The predicted octanol–water partition coefficient (Wildman–Crippen LogP) is 1.79. The molecule has 1 N–H and O–H groups in total. The lowest BCUT2D eigenvalue weighted by Gasteiger charge is -2.26. The van der Waals surface area contributed by atoms with Crippen molar-refractivity contribution in [2.45, 2.75) is 57.7 Å². The molecule has 0 aliphatic rings. The van der Waals surface area contributed by atoms with E-state index in [2.05, 4.69) is 4.72 Å². The Labute approximate surface area is 92.7 Å². The van der Waals surface area contributed by atoms with E-state index in [1.807, 2.05) is 20.8 Å². The standard InChI is InChI=1S/C10H20N2O2S/c1-5-7-10(3,4)12-15(13,14)9(6-2)8-11/h9,12H,5-7H2,1-4H3. The fourth-order valence-electron chi connectivity index (χ4n) is 1.51. The van der Waals surface area contributed by atoms with Crippen LogP contribution in [0.1, 0.15) is 47.0 Å². The Morgan fingerprint density at radius 3 is 2.27 bits per heavy atom. The Balaban J connectivity index is 4.72. The average molecular weight is 232 g/mol. The molecule has 1 unspecified atom stereocenters. The van der Waals surface area contributed by atoms with Crippen LogP contribution in [0, 0.1) is 11.3 Å². The molecule has 0 amide bonds. The van der Waals surface area contributed by atoms with E-state index in [1.54, 1.807) is 13.0 Å². The van der Waals surface area contributed by atoms with Crippen molar-refractivity contribution in [1.29, 1.82) is 5.26 Å². The van der Waals surface area contributed by atoms with Crippen molar-refractivity contribution >= 4 is 10.0 Å². The molecular weight excluding hydrogens is 212 g/mol. The van der Waals surface area contributed by atoms with Gasteiger partial charge in [0, 0.05) is 5.54 Å². The smallest absolute Gasteiger partial charge is 0.211 e. The first-order valence-electron chi connectivity index (χ1n) is 5.21. The molecule has 0 aromatic heterocycles. The molecule has 0 aromatic rings. The summed E-state index contributed by atoms with van der Waals surface area (Å²) in [7, 11) is -3.51. The molecule has 4 nitrogen and oxygen atoms in total. The van der Waals surface area contributed by atoms with Gasteiger partial charge >= 0.3 is 0 Å². The van der Waals surface area contributed by atoms with Crippen molar-refractivity contribution in [1.82, 2.24) is 4.72 Å². The van der Waals surface area contributed by atoms with E-state index in [1.165, 1.54) is 0 Å². The predicted molar refractivity (Wildman–Crippen MR) is 60.7 cm³/mol. The van der Waals surface area contributed by atoms with Crippen LogP contribution < -0.4 is 4.72 Å². The Morgan fingerprint density at radius 1 is 1.40 bits per heavy atom. The summed E-state index contributed by atoms with van der Waals surface area (Å²) in [5.41, 5.74) is -0.474.